The number of hydrogen-bond acceptors (Lipinski definition) is 5. The summed E-state index contributed by atoms with van der Waals surface area (Å²) in [5, 5.41) is 13.9. The van der Waals surface area contributed by atoms with Crippen molar-refractivity contribution in [1.82, 2.24) is 9.97 Å². The van der Waals surface area contributed by atoms with E-state index in [1.807, 2.05) is 34.6 Å². The predicted molar refractivity (Wildman–Crippen MR) is 75.6 cm³/mol. The standard InChI is InChI=1S/C12H19ClN4O2/c1-7(2)6-8-14-10(13)9(17(18)19)11(15-8)16-12(3,4)5/h7H,6H2,1-5H3,(H,14,15,16). The Hall–Kier alpha value is -1.43. The second-order valence-corrected chi connectivity index (χ2v) is 6.22. The molecule has 0 aromatic carbocycles. The zero-order valence-corrected chi connectivity index (χ0v) is 12.6. The predicted octanol–water partition coefficient (Wildman–Crippen LogP) is 3.45. The average molecular weight is 287 g/mol. The third-order valence-corrected chi connectivity index (χ3v) is 2.42. The second kappa shape index (κ2) is 5.69. The highest BCUT2D eigenvalue weighted by Crippen LogP contribution is 2.31. The second-order valence-electron chi connectivity index (χ2n) is 5.86. The third kappa shape index (κ3) is 4.63. The van der Waals surface area contributed by atoms with Gasteiger partial charge >= 0.3 is 5.69 Å². The molecule has 106 valence electrons. The van der Waals surface area contributed by atoms with Crippen molar-refractivity contribution >= 4 is 23.1 Å². The Morgan fingerprint density at radius 3 is 2.37 bits per heavy atom. The highest BCUT2D eigenvalue weighted by Gasteiger charge is 2.26. The van der Waals surface area contributed by atoms with Crippen LogP contribution in [0.1, 0.15) is 40.4 Å². The number of aromatic nitrogens is 2. The Bertz CT molecular complexity index is 483. The lowest BCUT2D eigenvalue weighted by molar-refractivity contribution is -0.384. The molecule has 1 rings (SSSR count). The van der Waals surface area contributed by atoms with Crippen LogP contribution in [0.2, 0.25) is 5.15 Å². The fourth-order valence-electron chi connectivity index (χ4n) is 1.53. The Labute approximate surface area is 117 Å². The summed E-state index contributed by atoms with van der Waals surface area (Å²) in [7, 11) is 0. The molecule has 0 spiro atoms. The van der Waals surface area contributed by atoms with Crippen molar-refractivity contribution in [1.29, 1.82) is 0 Å². The van der Waals surface area contributed by atoms with E-state index in [4.69, 9.17) is 11.6 Å². The maximum Gasteiger partial charge on any atom is 0.348 e. The Balaban J connectivity index is 3.29. The summed E-state index contributed by atoms with van der Waals surface area (Å²) in [6, 6.07) is 0. The van der Waals surface area contributed by atoms with Gasteiger partial charge in [-0.2, -0.15) is 0 Å². The van der Waals surface area contributed by atoms with E-state index in [1.54, 1.807) is 0 Å². The molecule has 1 aromatic heterocycles. The number of nitrogens with one attached hydrogen (secondary N) is 1. The van der Waals surface area contributed by atoms with Gasteiger partial charge in [0.15, 0.2) is 0 Å². The van der Waals surface area contributed by atoms with Crippen LogP contribution >= 0.6 is 11.6 Å². The van der Waals surface area contributed by atoms with E-state index in [0.29, 0.717) is 18.2 Å². The van der Waals surface area contributed by atoms with Crippen LogP contribution in [0.15, 0.2) is 0 Å². The summed E-state index contributed by atoms with van der Waals surface area (Å²) < 4.78 is 0. The molecule has 1 aromatic rings. The first-order chi connectivity index (χ1) is 8.60. The SMILES string of the molecule is CC(C)Cc1nc(Cl)c([N+](=O)[O-])c(NC(C)(C)C)n1. The largest absolute Gasteiger partial charge is 0.360 e. The Kier molecular flexibility index (Phi) is 4.68. The molecular formula is C12H19ClN4O2. The lowest BCUT2D eigenvalue weighted by Gasteiger charge is -2.21. The molecule has 19 heavy (non-hydrogen) atoms. The minimum Gasteiger partial charge on any atom is -0.360 e. The van der Waals surface area contributed by atoms with Gasteiger partial charge in [0.2, 0.25) is 11.0 Å². The van der Waals surface area contributed by atoms with Crippen molar-refractivity contribution in [3.8, 4) is 0 Å². The van der Waals surface area contributed by atoms with E-state index in [2.05, 4.69) is 15.3 Å². The fourth-order valence-corrected chi connectivity index (χ4v) is 1.79. The topological polar surface area (TPSA) is 81.0 Å². The Morgan fingerprint density at radius 2 is 1.95 bits per heavy atom. The van der Waals surface area contributed by atoms with Crippen LogP contribution in [0.4, 0.5) is 11.5 Å². The van der Waals surface area contributed by atoms with Gasteiger partial charge in [0.05, 0.1) is 4.92 Å². The average Bonchev–Trinajstić information content (AvgIpc) is 2.10. The van der Waals surface area contributed by atoms with Gasteiger partial charge in [-0.15, -0.1) is 0 Å². The summed E-state index contributed by atoms with van der Waals surface area (Å²) in [5.41, 5.74) is -0.624. The van der Waals surface area contributed by atoms with Gasteiger partial charge in [-0.1, -0.05) is 25.4 Å². The number of halogens is 1. The molecule has 0 saturated carbocycles. The normalized spacial score (nSPS) is 11.7. The number of hydrogen-bond donors (Lipinski definition) is 1. The minimum atomic E-state index is -0.560. The summed E-state index contributed by atoms with van der Waals surface area (Å²) >= 11 is 5.91. The van der Waals surface area contributed by atoms with E-state index >= 15 is 0 Å². The third-order valence-electron chi connectivity index (χ3n) is 2.15. The molecule has 0 aliphatic heterocycles. The molecule has 0 atom stereocenters. The summed E-state index contributed by atoms with van der Waals surface area (Å²) in [6.07, 6.45) is 0.622. The highest BCUT2D eigenvalue weighted by atomic mass is 35.5. The Morgan fingerprint density at radius 1 is 1.37 bits per heavy atom. The van der Waals surface area contributed by atoms with Gasteiger partial charge < -0.3 is 5.32 Å². The molecule has 0 fully saturated rings. The first kappa shape index (κ1) is 15.6. The van der Waals surface area contributed by atoms with Crippen molar-refractivity contribution in [2.45, 2.75) is 46.6 Å². The first-order valence-electron chi connectivity index (χ1n) is 6.09. The van der Waals surface area contributed by atoms with E-state index in [1.165, 1.54) is 0 Å². The van der Waals surface area contributed by atoms with E-state index < -0.39 is 4.92 Å². The number of rotatable bonds is 4. The van der Waals surface area contributed by atoms with Crippen LogP contribution in [0, 0.1) is 16.0 Å². The van der Waals surface area contributed by atoms with Gasteiger partial charge in [0, 0.05) is 12.0 Å². The van der Waals surface area contributed by atoms with Crippen molar-refractivity contribution in [2.24, 2.45) is 5.92 Å². The minimum absolute atomic E-state index is 0.123. The van der Waals surface area contributed by atoms with Crippen LogP contribution in [0.5, 0.6) is 0 Å². The smallest absolute Gasteiger partial charge is 0.348 e. The quantitative estimate of drug-likeness (QED) is 0.521. The molecule has 0 amide bonds. The van der Waals surface area contributed by atoms with Gasteiger partial charge in [-0.05, 0) is 26.7 Å². The van der Waals surface area contributed by atoms with Crippen molar-refractivity contribution in [2.75, 3.05) is 5.32 Å². The van der Waals surface area contributed by atoms with Crippen LogP contribution < -0.4 is 5.32 Å². The highest BCUT2D eigenvalue weighted by molar-refractivity contribution is 6.31. The number of anilines is 1. The maximum atomic E-state index is 11.1. The number of nitro groups is 1. The van der Waals surface area contributed by atoms with Crippen LogP contribution in [-0.2, 0) is 6.42 Å². The van der Waals surface area contributed by atoms with Crippen LogP contribution in [0.3, 0.4) is 0 Å². The van der Waals surface area contributed by atoms with E-state index in [9.17, 15) is 10.1 Å². The zero-order chi connectivity index (χ0) is 14.8. The first-order valence-corrected chi connectivity index (χ1v) is 6.47. The fraction of sp³-hybridized carbons (Fsp3) is 0.667. The van der Waals surface area contributed by atoms with Gasteiger partial charge in [0.25, 0.3) is 0 Å². The lowest BCUT2D eigenvalue weighted by atomic mass is 10.1. The van der Waals surface area contributed by atoms with Crippen LogP contribution in [0.25, 0.3) is 0 Å². The summed E-state index contributed by atoms with van der Waals surface area (Å²) in [6.45, 7) is 9.74. The summed E-state index contributed by atoms with van der Waals surface area (Å²) in [5.74, 6) is 1.03. The molecule has 1 N–H and O–H groups in total. The molecule has 0 aliphatic rings. The van der Waals surface area contributed by atoms with E-state index in [0.717, 1.165) is 0 Å². The summed E-state index contributed by atoms with van der Waals surface area (Å²) in [4.78, 5) is 18.7. The monoisotopic (exact) mass is 286 g/mol. The molecule has 1 heterocycles. The van der Waals surface area contributed by atoms with Gasteiger partial charge in [-0.3, -0.25) is 10.1 Å². The molecule has 6 nitrogen and oxygen atoms in total. The lowest BCUT2D eigenvalue weighted by Crippen LogP contribution is -2.27. The van der Waals surface area contributed by atoms with Crippen molar-refractivity contribution < 1.29 is 4.92 Å². The molecule has 0 unspecified atom stereocenters. The van der Waals surface area contributed by atoms with E-state index in [-0.39, 0.29) is 22.2 Å². The zero-order valence-electron chi connectivity index (χ0n) is 11.8. The van der Waals surface area contributed by atoms with Crippen molar-refractivity contribution in [3.63, 3.8) is 0 Å². The molecule has 0 saturated heterocycles. The maximum absolute atomic E-state index is 11.1. The van der Waals surface area contributed by atoms with Gasteiger partial charge in [-0.25, -0.2) is 9.97 Å². The molecule has 0 radical (unpaired) electrons. The van der Waals surface area contributed by atoms with Gasteiger partial charge in [0.1, 0.15) is 5.82 Å². The molecule has 0 aliphatic carbocycles. The number of nitrogens with zero attached hydrogens (tertiary/aromatic N) is 3. The van der Waals surface area contributed by atoms with Crippen molar-refractivity contribution in [3.05, 3.63) is 21.1 Å². The molecule has 0 bridgehead atoms. The molecule has 7 heteroatoms. The van der Waals surface area contributed by atoms with Crippen LogP contribution in [-0.4, -0.2) is 20.4 Å². The molecular weight excluding hydrogens is 268 g/mol.